The molecule has 0 radical (unpaired) electrons. The molecule has 0 aromatic rings. The van der Waals surface area contributed by atoms with E-state index < -0.39 is 5.54 Å². The van der Waals surface area contributed by atoms with Crippen molar-refractivity contribution in [2.24, 2.45) is 5.92 Å². The number of hydrogen-bond acceptors (Lipinski definition) is 3. The molecule has 104 valence electrons. The van der Waals surface area contributed by atoms with Crippen LogP contribution in [0.15, 0.2) is 0 Å². The molecule has 18 heavy (non-hydrogen) atoms. The summed E-state index contributed by atoms with van der Waals surface area (Å²) in [5.41, 5.74) is -0.423. The van der Waals surface area contributed by atoms with E-state index in [1.807, 2.05) is 6.92 Å². The van der Waals surface area contributed by atoms with E-state index in [2.05, 4.69) is 44.0 Å². The Labute approximate surface area is 113 Å². The molecule has 1 rings (SSSR count). The number of nitrogens with one attached hydrogen (secondary N) is 1. The van der Waals surface area contributed by atoms with Crippen molar-refractivity contribution >= 4 is 0 Å². The maximum atomic E-state index is 9.42. The van der Waals surface area contributed by atoms with E-state index in [0.717, 1.165) is 25.0 Å². The van der Waals surface area contributed by atoms with E-state index in [1.54, 1.807) is 0 Å². The van der Waals surface area contributed by atoms with Crippen LogP contribution in [0, 0.1) is 17.2 Å². The third-order valence-corrected chi connectivity index (χ3v) is 3.43. The summed E-state index contributed by atoms with van der Waals surface area (Å²) in [6.45, 7) is 12.7. The van der Waals surface area contributed by atoms with Gasteiger partial charge in [-0.25, -0.2) is 0 Å². The summed E-state index contributed by atoms with van der Waals surface area (Å²) in [7, 11) is 0. The van der Waals surface area contributed by atoms with Gasteiger partial charge in [0.2, 0.25) is 0 Å². The lowest BCUT2D eigenvalue weighted by atomic mass is 10.0. The molecular weight excluding hydrogens is 222 g/mol. The van der Waals surface area contributed by atoms with Crippen LogP contribution in [-0.2, 0) is 0 Å². The van der Waals surface area contributed by atoms with E-state index in [4.69, 9.17) is 0 Å². The molecule has 3 nitrogen and oxygen atoms in total. The Balaban J connectivity index is 2.55. The molecule has 0 aliphatic heterocycles. The second kappa shape index (κ2) is 6.54. The summed E-state index contributed by atoms with van der Waals surface area (Å²) in [4.78, 5) is 2.51. The third-order valence-electron chi connectivity index (χ3n) is 3.43. The lowest BCUT2D eigenvalue weighted by Crippen LogP contribution is -2.53. The van der Waals surface area contributed by atoms with Gasteiger partial charge in [0.1, 0.15) is 5.54 Å². The van der Waals surface area contributed by atoms with Crippen molar-refractivity contribution in [1.82, 2.24) is 10.2 Å². The van der Waals surface area contributed by atoms with Gasteiger partial charge in [0.15, 0.2) is 0 Å². The molecular formula is C15H29N3. The first-order valence-corrected chi connectivity index (χ1v) is 7.29. The summed E-state index contributed by atoms with van der Waals surface area (Å²) in [6, 6.07) is 3.53. The van der Waals surface area contributed by atoms with Crippen LogP contribution < -0.4 is 5.32 Å². The molecule has 1 atom stereocenters. The predicted molar refractivity (Wildman–Crippen MR) is 76.3 cm³/mol. The van der Waals surface area contributed by atoms with Crippen molar-refractivity contribution in [3.63, 3.8) is 0 Å². The highest BCUT2D eigenvalue weighted by Gasteiger charge is 2.35. The van der Waals surface area contributed by atoms with Crippen LogP contribution in [0.5, 0.6) is 0 Å². The molecule has 1 fully saturated rings. The fourth-order valence-electron chi connectivity index (χ4n) is 2.41. The smallest absolute Gasteiger partial charge is 0.116 e. The first-order valence-electron chi connectivity index (χ1n) is 7.29. The Hall–Kier alpha value is -0.590. The van der Waals surface area contributed by atoms with Gasteiger partial charge in [-0.1, -0.05) is 13.8 Å². The van der Waals surface area contributed by atoms with E-state index in [0.29, 0.717) is 6.04 Å². The van der Waals surface area contributed by atoms with Crippen LogP contribution in [0.3, 0.4) is 0 Å². The molecule has 0 bridgehead atoms. The minimum Gasteiger partial charge on any atom is -0.297 e. The Morgan fingerprint density at radius 3 is 2.33 bits per heavy atom. The largest absolute Gasteiger partial charge is 0.297 e. The summed E-state index contributed by atoms with van der Waals surface area (Å²) >= 11 is 0. The topological polar surface area (TPSA) is 39.1 Å². The van der Waals surface area contributed by atoms with Gasteiger partial charge in [-0.3, -0.25) is 10.2 Å². The van der Waals surface area contributed by atoms with E-state index in [9.17, 15) is 5.26 Å². The fourth-order valence-corrected chi connectivity index (χ4v) is 2.41. The molecule has 0 aromatic heterocycles. The third kappa shape index (κ3) is 5.37. The van der Waals surface area contributed by atoms with Crippen LogP contribution in [0.25, 0.3) is 0 Å². The minimum atomic E-state index is -0.423. The molecule has 1 N–H and O–H groups in total. The monoisotopic (exact) mass is 251 g/mol. The van der Waals surface area contributed by atoms with E-state index in [1.165, 1.54) is 19.3 Å². The van der Waals surface area contributed by atoms with Crippen molar-refractivity contribution < 1.29 is 0 Å². The molecule has 0 saturated heterocycles. The lowest BCUT2D eigenvalue weighted by molar-refractivity contribution is 0.195. The molecule has 3 heteroatoms. The van der Waals surface area contributed by atoms with Gasteiger partial charge in [0.25, 0.3) is 0 Å². The van der Waals surface area contributed by atoms with Crippen LogP contribution >= 0.6 is 0 Å². The summed E-state index contributed by atoms with van der Waals surface area (Å²) in [6.07, 6.45) is 3.84. The average molecular weight is 251 g/mol. The zero-order valence-electron chi connectivity index (χ0n) is 12.7. The van der Waals surface area contributed by atoms with E-state index >= 15 is 0 Å². The van der Waals surface area contributed by atoms with Crippen molar-refractivity contribution in [3.05, 3.63) is 0 Å². The first kappa shape index (κ1) is 15.5. The average Bonchev–Trinajstić information content (AvgIpc) is 3.06. The maximum Gasteiger partial charge on any atom is 0.116 e. The highest BCUT2D eigenvalue weighted by atomic mass is 15.2. The lowest BCUT2D eigenvalue weighted by Gasteiger charge is -2.33. The van der Waals surface area contributed by atoms with Crippen molar-refractivity contribution in [3.8, 4) is 6.07 Å². The second-order valence-electron chi connectivity index (χ2n) is 6.63. The highest BCUT2D eigenvalue weighted by molar-refractivity contribution is 5.07. The quantitative estimate of drug-likeness (QED) is 0.721. The highest BCUT2D eigenvalue weighted by Crippen LogP contribution is 2.28. The van der Waals surface area contributed by atoms with Crippen LogP contribution in [0.1, 0.15) is 53.9 Å². The molecule has 0 amide bonds. The Morgan fingerprint density at radius 2 is 1.94 bits per heavy atom. The SMILES string of the molecule is CC(C)CCN(CC(C)(C#N)NC(C)C)C1CC1. The van der Waals surface area contributed by atoms with Gasteiger partial charge in [-0.05, 0) is 52.5 Å². The van der Waals surface area contributed by atoms with Crippen LogP contribution in [0.2, 0.25) is 0 Å². The van der Waals surface area contributed by atoms with E-state index in [-0.39, 0.29) is 0 Å². The van der Waals surface area contributed by atoms with Gasteiger partial charge >= 0.3 is 0 Å². The molecule has 0 aromatic carbocycles. The summed E-state index contributed by atoms with van der Waals surface area (Å²) in [5, 5.41) is 12.8. The molecule has 1 aliphatic carbocycles. The predicted octanol–water partition coefficient (Wildman–Crippen LogP) is 2.78. The fraction of sp³-hybridized carbons (Fsp3) is 0.933. The van der Waals surface area contributed by atoms with Crippen molar-refractivity contribution in [2.75, 3.05) is 13.1 Å². The Morgan fingerprint density at radius 1 is 1.33 bits per heavy atom. The molecule has 0 heterocycles. The first-order chi connectivity index (χ1) is 8.36. The van der Waals surface area contributed by atoms with Gasteiger partial charge in [0.05, 0.1) is 6.07 Å². The second-order valence-corrected chi connectivity index (χ2v) is 6.63. The molecule has 1 unspecified atom stereocenters. The Kier molecular flexibility index (Phi) is 5.62. The zero-order valence-corrected chi connectivity index (χ0v) is 12.7. The van der Waals surface area contributed by atoms with Crippen molar-refractivity contribution in [1.29, 1.82) is 5.26 Å². The zero-order chi connectivity index (χ0) is 13.8. The van der Waals surface area contributed by atoms with Gasteiger partial charge in [0, 0.05) is 18.6 Å². The maximum absolute atomic E-state index is 9.42. The Bertz CT molecular complexity index is 289. The van der Waals surface area contributed by atoms with Crippen LogP contribution in [-0.4, -0.2) is 35.6 Å². The van der Waals surface area contributed by atoms with Gasteiger partial charge in [-0.2, -0.15) is 5.26 Å². The van der Waals surface area contributed by atoms with Crippen molar-refractivity contribution in [2.45, 2.75) is 71.5 Å². The van der Waals surface area contributed by atoms with Gasteiger partial charge < -0.3 is 0 Å². The number of rotatable bonds is 8. The number of nitrogens with zero attached hydrogens (tertiary/aromatic N) is 2. The molecule has 0 spiro atoms. The summed E-state index contributed by atoms with van der Waals surface area (Å²) < 4.78 is 0. The molecule has 1 aliphatic rings. The van der Waals surface area contributed by atoms with Crippen LogP contribution in [0.4, 0.5) is 0 Å². The minimum absolute atomic E-state index is 0.348. The molecule has 1 saturated carbocycles. The number of hydrogen-bond donors (Lipinski definition) is 1. The van der Waals surface area contributed by atoms with Gasteiger partial charge in [-0.15, -0.1) is 0 Å². The summed E-state index contributed by atoms with van der Waals surface area (Å²) in [5.74, 6) is 0.734. The normalized spacial score (nSPS) is 19.3. The number of nitriles is 1. The standard InChI is InChI=1S/C15H29N3/c1-12(2)8-9-18(14-6-7-14)11-15(5,10-16)17-13(3)4/h12-14,17H,6-9,11H2,1-5H3.